The maximum absolute atomic E-state index is 3.58. The summed E-state index contributed by atoms with van der Waals surface area (Å²) >= 11 is 1.96. The van der Waals surface area contributed by atoms with Gasteiger partial charge in [0.05, 0.1) is 0 Å². The van der Waals surface area contributed by atoms with E-state index < -0.39 is 0 Å². The van der Waals surface area contributed by atoms with Gasteiger partial charge in [-0.2, -0.15) is 11.8 Å². The Hall–Kier alpha value is 0.270. The summed E-state index contributed by atoms with van der Waals surface area (Å²) in [6.07, 6.45) is 7.56. The van der Waals surface area contributed by atoms with Crippen molar-refractivity contribution in [1.29, 1.82) is 0 Å². The van der Waals surface area contributed by atoms with E-state index in [0.29, 0.717) is 11.5 Å². The molecule has 0 aromatic rings. The molecule has 0 bridgehead atoms. The predicted molar refractivity (Wildman–Crippen MR) is 79.9 cm³/mol. The molecule has 2 unspecified atom stereocenters. The minimum Gasteiger partial charge on any atom is -0.316 e. The van der Waals surface area contributed by atoms with Gasteiger partial charge in [-0.3, -0.25) is 0 Å². The van der Waals surface area contributed by atoms with Crippen molar-refractivity contribution in [3.05, 3.63) is 0 Å². The third kappa shape index (κ3) is 4.80. The largest absolute Gasteiger partial charge is 0.316 e. The zero-order chi connectivity index (χ0) is 12.7. The second-order valence-corrected chi connectivity index (χ2v) is 6.67. The minimum absolute atomic E-state index is 0.528. The lowest BCUT2D eigenvalue weighted by atomic mass is 9.77. The lowest BCUT2D eigenvalue weighted by molar-refractivity contribution is 0.105. The van der Waals surface area contributed by atoms with Gasteiger partial charge in [-0.1, -0.05) is 6.92 Å². The SMILES string of the molecule is CCC1(CN(C)C(C)CCSC)CCCNC1. The Bertz CT molecular complexity index is 202. The molecule has 2 atom stereocenters. The standard InChI is InChI=1S/C14H30N2S/c1-5-14(8-6-9-15-11-14)12-16(3)13(2)7-10-17-4/h13,15H,5-12H2,1-4H3. The van der Waals surface area contributed by atoms with E-state index >= 15 is 0 Å². The topological polar surface area (TPSA) is 15.3 Å². The number of piperidine rings is 1. The van der Waals surface area contributed by atoms with E-state index in [-0.39, 0.29) is 0 Å². The summed E-state index contributed by atoms with van der Waals surface area (Å²) in [5.74, 6) is 1.28. The molecule has 1 heterocycles. The summed E-state index contributed by atoms with van der Waals surface area (Å²) in [7, 11) is 2.30. The molecule has 2 nitrogen and oxygen atoms in total. The third-order valence-corrected chi connectivity index (χ3v) is 5.03. The maximum Gasteiger partial charge on any atom is 0.00719 e. The van der Waals surface area contributed by atoms with Crippen LogP contribution < -0.4 is 5.32 Å². The van der Waals surface area contributed by atoms with Crippen molar-refractivity contribution in [2.45, 2.75) is 45.6 Å². The Balaban J connectivity index is 2.43. The Labute approximate surface area is 112 Å². The smallest absolute Gasteiger partial charge is 0.00719 e. The highest BCUT2D eigenvalue weighted by atomic mass is 32.2. The van der Waals surface area contributed by atoms with Crippen LogP contribution in [-0.2, 0) is 0 Å². The van der Waals surface area contributed by atoms with Crippen molar-refractivity contribution >= 4 is 11.8 Å². The Morgan fingerprint density at radius 1 is 1.47 bits per heavy atom. The van der Waals surface area contributed by atoms with Crippen molar-refractivity contribution < 1.29 is 0 Å². The molecule has 1 fully saturated rings. The van der Waals surface area contributed by atoms with Crippen molar-refractivity contribution in [1.82, 2.24) is 10.2 Å². The van der Waals surface area contributed by atoms with Crippen LogP contribution in [0, 0.1) is 5.41 Å². The normalized spacial score (nSPS) is 27.4. The maximum atomic E-state index is 3.58. The van der Waals surface area contributed by atoms with Crippen molar-refractivity contribution in [2.24, 2.45) is 5.41 Å². The van der Waals surface area contributed by atoms with Gasteiger partial charge < -0.3 is 10.2 Å². The molecule has 17 heavy (non-hydrogen) atoms. The van der Waals surface area contributed by atoms with Crippen molar-refractivity contribution in [2.75, 3.05) is 38.7 Å². The fourth-order valence-corrected chi connectivity index (χ4v) is 3.35. The minimum atomic E-state index is 0.528. The van der Waals surface area contributed by atoms with Crippen LogP contribution in [0.25, 0.3) is 0 Å². The summed E-state index contributed by atoms with van der Waals surface area (Å²) in [6, 6.07) is 0.716. The number of hydrogen-bond acceptors (Lipinski definition) is 3. The van der Waals surface area contributed by atoms with Gasteiger partial charge in [-0.05, 0) is 63.6 Å². The first-order valence-corrected chi connectivity index (χ1v) is 8.43. The fraction of sp³-hybridized carbons (Fsp3) is 1.00. The van der Waals surface area contributed by atoms with Crippen LogP contribution in [0.1, 0.15) is 39.5 Å². The zero-order valence-electron chi connectivity index (χ0n) is 12.1. The van der Waals surface area contributed by atoms with Gasteiger partial charge >= 0.3 is 0 Å². The monoisotopic (exact) mass is 258 g/mol. The van der Waals surface area contributed by atoms with Crippen LogP contribution in [0.5, 0.6) is 0 Å². The average Bonchev–Trinajstić information content (AvgIpc) is 2.36. The summed E-state index contributed by atoms with van der Waals surface area (Å²) in [5.41, 5.74) is 0.528. The third-order valence-electron chi connectivity index (χ3n) is 4.39. The quantitative estimate of drug-likeness (QED) is 0.756. The molecule has 0 aliphatic carbocycles. The van der Waals surface area contributed by atoms with E-state index in [9.17, 15) is 0 Å². The summed E-state index contributed by atoms with van der Waals surface area (Å²) in [6.45, 7) is 8.41. The van der Waals surface area contributed by atoms with Crippen LogP contribution in [-0.4, -0.2) is 49.6 Å². The molecule has 0 amide bonds. The Kier molecular flexibility index (Phi) is 6.90. The number of nitrogens with zero attached hydrogens (tertiary/aromatic N) is 1. The van der Waals surface area contributed by atoms with Crippen LogP contribution in [0.15, 0.2) is 0 Å². The number of nitrogens with one attached hydrogen (secondary N) is 1. The fourth-order valence-electron chi connectivity index (χ4n) is 2.77. The van der Waals surface area contributed by atoms with E-state index in [1.54, 1.807) is 0 Å². The van der Waals surface area contributed by atoms with E-state index in [2.05, 4.69) is 37.4 Å². The van der Waals surface area contributed by atoms with Crippen molar-refractivity contribution in [3.8, 4) is 0 Å². The summed E-state index contributed by atoms with van der Waals surface area (Å²) in [4.78, 5) is 2.58. The van der Waals surface area contributed by atoms with Gasteiger partial charge in [-0.25, -0.2) is 0 Å². The number of thioether (sulfide) groups is 1. The Morgan fingerprint density at radius 2 is 2.24 bits per heavy atom. The average molecular weight is 258 g/mol. The van der Waals surface area contributed by atoms with Crippen LogP contribution in [0.3, 0.4) is 0 Å². The lowest BCUT2D eigenvalue weighted by Crippen LogP contribution is -2.48. The molecule has 1 aliphatic heterocycles. The molecule has 0 aromatic heterocycles. The van der Waals surface area contributed by atoms with Gasteiger partial charge in [0.25, 0.3) is 0 Å². The molecule has 102 valence electrons. The molecule has 1 N–H and O–H groups in total. The first-order chi connectivity index (χ1) is 8.13. The van der Waals surface area contributed by atoms with Gasteiger partial charge in [0.15, 0.2) is 0 Å². The molecule has 0 spiro atoms. The van der Waals surface area contributed by atoms with E-state index in [1.807, 2.05) is 11.8 Å². The van der Waals surface area contributed by atoms with Crippen LogP contribution in [0.2, 0.25) is 0 Å². The highest BCUT2D eigenvalue weighted by Crippen LogP contribution is 2.31. The van der Waals surface area contributed by atoms with Gasteiger partial charge in [-0.15, -0.1) is 0 Å². The van der Waals surface area contributed by atoms with E-state index in [1.165, 1.54) is 51.1 Å². The first kappa shape index (κ1) is 15.3. The second-order valence-electron chi connectivity index (χ2n) is 5.68. The van der Waals surface area contributed by atoms with Gasteiger partial charge in [0.1, 0.15) is 0 Å². The van der Waals surface area contributed by atoms with E-state index in [0.717, 1.165) is 0 Å². The second kappa shape index (κ2) is 7.65. The molecular formula is C14H30N2S. The molecule has 1 saturated heterocycles. The molecule has 1 aliphatic rings. The summed E-state index contributed by atoms with van der Waals surface area (Å²) < 4.78 is 0. The molecular weight excluding hydrogens is 228 g/mol. The van der Waals surface area contributed by atoms with Crippen LogP contribution in [0.4, 0.5) is 0 Å². The highest BCUT2D eigenvalue weighted by molar-refractivity contribution is 7.98. The van der Waals surface area contributed by atoms with Crippen LogP contribution >= 0.6 is 11.8 Å². The molecule has 0 saturated carbocycles. The predicted octanol–water partition coefficient (Wildman–Crippen LogP) is 2.84. The Morgan fingerprint density at radius 3 is 2.76 bits per heavy atom. The first-order valence-electron chi connectivity index (χ1n) is 7.03. The number of rotatable bonds is 7. The summed E-state index contributed by atoms with van der Waals surface area (Å²) in [5, 5.41) is 3.58. The molecule has 0 radical (unpaired) electrons. The van der Waals surface area contributed by atoms with E-state index in [4.69, 9.17) is 0 Å². The van der Waals surface area contributed by atoms with Gasteiger partial charge in [0.2, 0.25) is 0 Å². The highest BCUT2D eigenvalue weighted by Gasteiger charge is 2.32. The van der Waals surface area contributed by atoms with Crippen molar-refractivity contribution in [3.63, 3.8) is 0 Å². The molecule has 3 heteroatoms. The molecule has 1 rings (SSSR count). The zero-order valence-corrected chi connectivity index (χ0v) is 12.9. The number of hydrogen-bond donors (Lipinski definition) is 1. The van der Waals surface area contributed by atoms with Gasteiger partial charge in [0, 0.05) is 19.1 Å². The lowest BCUT2D eigenvalue weighted by Gasteiger charge is -2.41. The molecule has 0 aromatic carbocycles.